The predicted octanol–water partition coefficient (Wildman–Crippen LogP) is 4.79. The molecule has 2 aromatic carbocycles. The molecule has 0 radical (unpaired) electrons. The number of nitrogens with one attached hydrogen (secondary N) is 1. The molecule has 27 heavy (non-hydrogen) atoms. The van der Waals surface area contributed by atoms with Crippen molar-refractivity contribution in [3.8, 4) is 0 Å². The zero-order valence-electron chi connectivity index (χ0n) is 15.2. The van der Waals surface area contributed by atoms with Crippen molar-refractivity contribution in [3.63, 3.8) is 0 Å². The summed E-state index contributed by atoms with van der Waals surface area (Å²) in [5.74, 6) is 1.46. The molecule has 0 aliphatic heterocycles. The standard InChI is InChI=1S/C22H21N5/c1-2-27(16-17-8-4-3-5-9-17)22-24-15-13-20(26-22)25-19-12-6-10-18-11-7-14-23-21(18)19/h3-15H,2,16H2,1H3,(H,24,25,26). The molecule has 0 aliphatic carbocycles. The fraction of sp³-hybridized carbons (Fsp3) is 0.136. The van der Waals surface area contributed by atoms with Crippen LogP contribution in [0.15, 0.2) is 79.1 Å². The fourth-order valence-electron chi connectivity index (χ4n) is 3.04. The van der Waals surface area contributed by atoms with E-state index in [0.717, 1.165) is 35.5 Å². The van der Waals surface area contributed by atoms with E-state index in [-0.39, 0.29) is 0 Å². The van der Waals surface area contributed by atoms with Crippen LogP contribution in [0.1, 0.15) is 12.5 Å². The molecule has 0 bridgehead atoms. The van der Waals surface area contributed by atoms with Crippen LogP contribution < -0.4 is 10.2 Å². The molecule has 4 aromatic rings. The summed E-state index contributed by atoms with van der Waals surface area (Å²) in [7, 11) is 0. The fourth-order valence-corrected chi connectivity index (χ4v) is 3.04. The smallest absolute Gasteiger partial charge is 0.227 e. The SMILES string of the molecule is CCN(Cc1ccccc1)c1nccc(Nc2cccc3cccnc23)n1. The van der Waals surface area contributed by atoms with Crippen molar-refractivity contribution in [1.29, 1.82) is 0 Å². The minimum atomic E-state index is 0.708. The molecule has 0 spiro atoms. The van der Waals surface area contributed by atoms with E-state index in [1.165, 1.54) is 5.56 Å². The Morgan fingerprint density at radius 3 is 2.56 bits per heavy atom. The zero-order chi connectivity index (χ0) is 18.5. The van der Waals surface area contributed by atoms with E-state index in [0.29, 0.717) is 5.95 Å². The molecule has 0 unspecified atom stereocenters. The van der Waals surface area contributed by atoms with Gasteiger partial charge in [-0.15, -0.1) is 0 Å². The first kappa shape index (κ1) is 17.0. The first-order chi connectivity index (χ1) is 13.3. The Morgan fingerprint density at radius 1 is 0.852 bits per heavy atom. The van der Waals surface area contributed by atoms with E-state index >= 15 is 0 Å². The third-order valence-electron chi connectivity index (χ3n) is 4.42. The lowest BCUT2D eigenvalue weighted by Gasteiger charge is -2.21. The quantitative estimate of drug-likeness (QED) is 0.539. The molecule has 0 saturated carbocycles. The Bertz CT molecular complexity index is 1030. The molecule has 0 atom stereocenters. The van der Waals surface area contributed by atoms with Gasteiger partial charge in [0.05, 0.1) is 11.2 Å². The molecule has 5 heteroatoms. The number of nitrogens with zero attached hydrogens (tertiary/aromatic N) is 4. The van der Waals surface area contributed by atoms with E-state index in [1.54, 1.807) is 12.4 Å². The average Bonchev–Trinajstić information content (AvgIpc) is 2.73. The maximum Gasteiger partial charge on any atom is 0.227 e. The Morgan fingerprint density at radius 2 is 1.70 bits per heavy atom. The van der Waals surface area contributed by atoms with E-state index < -0.39 is 0 Å². The number of anilines is 3. The number of fused-ring (bicyclic) bond motifs is 1. The molecule has 1 N–H and O–H groups in total. The van der Waals surface area contributed by atoms with Crippen molar-refractivity contribution >= 4 is 28.4 Å². The zero-order valence-corrected chi connectivity index (χ0v) is 15.2. The van der Waals surface area contributed by atoms with Gasteiger partial charge in [-0.3, -0.25) is 4.98 Å². The van der Waals surface area contributed by atoms with Crippen LogP contribution in [0.4, 0.5) is 17.5 Å². The third kappa shape index (κ3) is 3.87. The number of para-hydroxylation sites is 1. The normalized spacial score (nSPS) is 10.7. The molecule has 5 nitrogen and oxygen atoms in total. The Hall–Kier alpha value is -3.47. The summed E-state index contributed by atoms with van der Waals surface area (Å²) in [6.07, 6.45) is 3.59. The van der Waals surface area contributed by atoms with Gasteiger partial charge in [0.25, 0.3) is 0 Å². The van der Waals surface area contributed by atoms with E-state index in [2.05, 4.69) is 63.5 Å². The molecule has 2 heterocycles. The highest BCUT2D eigenvalue weighted by Gasteiger charge is 2.10. The van der Waals surface area contributed by atoms with Crippen molar-refractivity contribution in [3.05, 3.63) is 84.7 Å². The minimum absolute atomic E-state index is 0.708. The van der Waals surface area contributed by atoms with Gasteiger partial charge in [0.1, 0.15) is 5.82 Å². The first-order valence-corrected chi connectivity index (χ1v) is 9.06. The van der Waals surface area contributed by atoms with Crippen molar-refractivity contribution in [2.75, 3.05) is 16.8 Å². The first-order valence-electron chi connectivity index (χ1n) is 9.06. The van der Waals surface area contributed by atoms with Gasteiger partial charge in [-0.1, -0.05) is 48.5 Å². The van der Waals surface area contributed by atoms with Gasteiger partial charge in [0.2, 0.25) is 5.95 Å². The van der Waals surface area contributed by atoms with Gasteiger partial charge in [-0.25, -0.2) is 4.98 Å². The number of pyridine rings is 1. The van der Waals surface area contributed by atoms with Crippen LogP contribution in [0.5, 0.6) is 0 Å². The number of benzene rings is 2. The van der Waals surface area contributed by atoms with Gasteiger partial charge in [-0.2, -0.15) is 4.98 Å². The van der Waals surface area contributed by atoms with Crippen LogP contribution in [0, 0.1) is 0 Å². The number of hydrogen-bond acceptors (Lipinski definition) is 5. The maximum absolute atomic E-state index is 4.72. The molecular formula is C22H21N5. The Kier molecular flexibility index (Phi) is 4.92. The Labute approximate surface area is 158 Å². The Balaban J connectivity index is 1.60. The lowest BCUT2D eigenvalue weighted by Crippen LogP contribution is -2.24. The molecule has 0 saturated heterocycles. The van der Waals surface area contributed by atoms with Gasteiger partial charge < -0.3 is 10.2 Å². The monoisotopic (exact) mass is 355 g/mol. The molecule has 0 amide bonds. The molecule has 4 rings (SSSR count). The highest BCUT2D eigenvalue weighted by Crippen LogP contribution is 2.24. The summed E-state index contributed by atoms with van der Waals surface area (Å²) in [6.45, 7) is 3.71. The number of aromatic nitrogens is 3. The summed E-state index contributed by atoms with van der Waals surface area (Å²) in [6, 6.07) is 22.3. The van der Waals surface area contributed by atoms with E-state index in [4.69, 9.17) is 4.98 Å². The van der Waals surface area contributed by atoms with E-state index in [1.807, 2.05) is 30.3 Å². The highest BCUT2D eigenvalue weighted by molar-refractivity contribution is 5.91. The summed E-state index contributed by atoms with van der Waals surface area (Å²) in [5.41, 5.74) is 3.10. The van der Waals surface area contributed by atoms with Gasteiger partial charge >= 0.3 is 0 Å². The van der Waals surface area contributed by atoms with Crippen LogP contribution >= 0.6 is 0 Å². The lowest BCUT2D eigenvalue weighted by atomic mass is 10.2. The van der Waals surface area contributed by atoms with Crippen LogP contribution in [-0.2, 0) is 6.54 Å². The molecule has 0 fully saturated rings. The number of hydrogen-bond donors (Lipinski definition) is 1. The van der Waals surface area contributed by atoms with Crippen LogP contribution in [0.2, 0.25) is 0 Å². The topological polar surface area (TPSA) is 53.9 Å². The van der Waals surface area contributed by atoms with Gasteiger partial charge in [-0.05, 0) is 30.7 Å². The third-order valence-corrected chi connectivity index (χ3v) is 4.42. The van der Waals surface area contributed by atoms with Crippen molar-refractivity contribution in [1.82, 2.24) is 15.0 Å². The number of rotatable bonds is 6. The van der Waals surface area contributed by atoms with Crippen LogP contribution in [0.3, 0.4) is 0 Å². The van der Waals surface area contributed by atoms with Crippen LogP contribution in [0.25, 0.3) is 10.9 Å². The van der Waals surface area contributed by atoms with Crippen molar-refractivity contribution < 1.29 is 0 Å². The molecular weight excluding hydrogens is 334 g/mol. The predicted molar refractivity (Wildman–Crippen MR) is 110 cm³/mol. The molecule has 2 aromatic heterocycles. The molecule has 0 aliphatic rings. The highest BCUT2D eigenvalue weighted by atomic mass is 15.3. The van der Waals surface area contributed by atoms with Crippen molar-refractivity contribution in [2.24, 2.45) is 0 Å². The van der Waals surface area contributed by atoms with E-state index in [9.17, 15) is 0 Å². The second-order valence-electron chi connectivity index (χ2n) is 6.25. The second kappa shape index (κ2) is 7.83. The summed E-state index contributed by atoms with van der Waals surface area (Å²) >= 11 is 0. The summed E-state index contributed by atoms with van der Waals surface area (Å²) in [5, 5.41) is 4.48. The largest absolute Gasteiger partial charge is 0.338 e. The molecule has 134 valence electrons. The average molecular weight is 355 g/mol. The minimum Gasteiger partial charge on any atom is -0.338 e. The summed E-state index contributed by atoms with van der Waals surface area (Å²) < 4.78 is 0. The van der Waals surface area contributed by atoms with Gasteiger partial charge in [0, 0.05) is 30.9 Å². The van der Waals surface area contributed by atoms with Crippen LogP contribution in [-0.4, -0.2) is 21.5 Å². The van der Waals surface area contributed by atoms with Crippen molar-refractivity contribution in [2.45, 2.75) is 13.5 Å². The lowest BCUT2D eigenvalue weighted by molar-refractivity contribution is 0.792. The second-order valence-corrected chi connectivity index (χ2v) is 6.25. The summed E-state index contributed by atoms with van der Waals surface area (Å²) in [4.78, 5) is 15.8. The van der Waals surface area contributed by atoms with Gasteiger partial charge in [0.15, 0.2) is 0 Å². The maximum atomic E-state index is 4.72.